The molecule has 0 spiro atoms. The number of carbonyl (C=O) groups is 1. The summed E-state index contributed by atoms with van der Waals surface area (Å²) in [5.41, 5.74) is 2.87. The standard InChI is InChI=1S/C23H24N4O3/c1-4-19(23(29)24-14-16-9-11-17(30-3)12-10-16)27-20-8-6-5-7-18(20)22-25-21(28)13-15(2)26(22)27/h5-13,19H,4,14H2,1-3H3,(H,24,29). The summed E-state index contributed by atoms with van der Waals surface area (Å²) >= 11 is 0. The van der Waals surface area contributed by atoms with Crippen LogP contribution in [0.3, 0.4) is 0 Å². The Bertz CT molecular complexity index is 1270. The zero-order valence-corrected chi connectivity index (χ0v) is 17.3. The van der Waals surface area contributed by atoms with Gasteiger partial charge in [-0.05, 0) is 43.2 Å². The molecule has 0 aliphatic heterocycles. The maximum atomic E-state index is 13.2. The monoisotopic (exact) mass is 404 g/mol. The average molecular weight is 404 g/mol. The van der Waals surface area contributed by atoms with Gasteiger partial charge in [0.05, 0.1) is 12.6 Å². The first-order chi connectivity index (χ1) is 14.5. The van der Waals surface area contributed by atoms with Gasteiger partial charge in [-0.25, -0.2) is 4.52 Å². The molecule has 4 aromatic rings. The first kappa shape index (κ1) is 19.7. The molecule has 1 N–H and O–H groups in total. The van der Waals surface area contributed by atoms with Crippen LogP contribution in [0, 0.1) is 6.92 Å². The third-order valence-electron chi connectivity index (χ3n) is 5.30. The van der Waals surface area contributed by atoms with E-state index in [0.717, 1.165) is 27.9 Å². The second kappa shape index (κ2) is 8.02. The topological polar surface area (TPSA) is 77.6 Å². The number of aryl methyl sites for hydroxylation is 1. The van der Waals surface area contributed by atoms with Gasteiger partial charge in [-0.15, -0.1) is 0 Å². The number of benzene rings is 2. The quantitative estimate of drug-likeness (QED) is 0.535. The zero-order chi connectivity index (χ0) is 21.3. The fraction of sp³-hybridized carbons (Fsp3) is 0.261. The van der Waals surface area contributed by atoms with Crippen LogP contribution in [0.25, 0.3) is 16.6 Å². The molecule has 1 amide bonds. The largest absolute Gasteiger partial charge is 0.497 e. The molecule has 0 saturated carbocycles. The Hall–Kier alpha value is -3.61. The Balaban J connectivity index is 1.73. The van der Waals surface area contributed by atoms with Gasteiger partial charge >= 0.3 is 0 Å². The number of ether oxygens (including phenoxy) is 1. The van der Waals surface area contributed by atoms with Crippen LogP contribution in [0.2, 0.25) is 0 Å². The van der Waals surface area contributed by atoms with Gasteiger partial charge in [-0.2, -0.15) is 4.98 Å². The molecule has 154 valence electrons. The number of fused-ring (bicyclic) bond motifs is 3. The third kappa shape index (κ3) is 3.43. The first-order valence-electron chi connectivity index (χ1n) is 9.93. The van der Waals surface area contributed by atoms with Crippen molar-refractivity contribution in [3.8, 4) is 5.75 Å². The van der Waals surface area contributed by atoms with E-state index < -0.39 is 6.04 Å². The number of amides is 1. The molecule has 0 radical (unpaired) electrons. The van der Waals surface area contributed by atoms with Gasteiger partial charge < -0.3 is 10.1 Å². The number of aromatic nitrogens is 3. The predicted octanol–water partition coefficient (Wildman–Crippen LogP) is 3.23. The molecular formula is C23H24N4O3. The molecule has 2 heterocycles. The minimum Gasteiger partial charge on any atom is -0.497 e. The zero-order valence-electron chi connectivity index (χ0n) is 17.3. The summed E-state index contributed by atoms with van der Waals surface area (Å²) in [5, 5.41) is 3.89. The summed E-state index contributed by atoms with van der Waals surface area (Å²) in [5.74, 6) is 0.688. The predicted molar refractivity (Wildman–Crippen MR) is 116 cm³/mol. The van der Waals surface area contributed by atoms with Crippen LogP contribution in [0.15, 0.2) is 59.4 Å². The lowest BCUT2D eigenvalue weighted by Gasteiger charge is -2.20. The molecule has 7 heteroatoms. The molecule has 30 heavy (non-hydrogen) atoms. The maximum Gasteiger partial charge on any atom is 0.273 e. The van der Waals surface area contributed by atoms with Crippen LogP contribution in [0.4, 0.5) is 0 Å². The van der Waals surface area contributed by atoms with Crippen LogP contribution in [-0.4, -0.2) is 27.2 Å². The Labute approximate surface area is 173 Å². The van der Waals surface area contributed by atoms with Crippen molar-refractivity contribution in [3.63, 3.8) is 0 Å². The van der Waals surface area contributed by atoms with E-state index in [-0.39, 0.29) is 11.5 Å². The van der Waals surface area contributed by atoms with E-state index >= 15 is 0 Å². The van der Waals surface area contributed by atoms with E-state index in [2.05, 4.69) is 10.3 Å². The van der Waals surface area contributed by atoms with E-state index in [1.165, 1.54) is 6.07 Å². The number of nitrogens with one attached hydrogen (secondary N) is 1. The molecule has 4 rings (SSSR count). The van der Waals surface area contributed by atoms with Gasteiger partial charge in [-0.3, -0.25) is 14.3 Å². The van der Waals surface area contributed by atoms with Crippen molar-refractivity contribution in [2.24, 2.45) is 0 Å². The van der Waals surface area contributed by atoms with Gasteiger partial charge in [0.1, 0.15) is 11.8 Å². The fourth-order valence-electron chi connectivity index (χ4n) is 3.83. The molecule has 7 nitrogen and oxygen atoms in total. The summed E-state index contributed by atoms with van der Waals surface area (Å²) < 4.78 is 8.99. The molecule has 0 fully saturated rings. The number of hydrogen-bond acceptors (Lipinski definition) is 4. The molecule has 0 aliphatic rings. The van der Waals surface area contributed by atoms with E-state index in [1.54, 1.807) is 7.11 Å². The highest BCUT2D eigenvalue weighted by atomic mass is 16.5. The number of nitrogens with zero attached hydrogens (tertiary/aromatic N) is 3. The number of hydrogen-bond donors (Lipinski definition) is 1. The summed E-state index contributed by atoms with van der Waals surface area (Å²) in [7, 11) is 1.62. The van der Waals surface area contributed by atoms with Crippen molar-refractivity contribution in [2.45, 2.75) is 32.9 Å². The highest BCUT2D eigenvalue weighted by Crippen LogP contribution is 2.26. The van der Waals surface area contributed by atoms with Crippen molar-refractivity contribution in [3.05, 3.63) is 76.2 Å². The Kier molecular flexibility index (Phi) is 5.27. The molecule has 0 bridgehead atoms. The summed E-state index contributed by atoms with van der Waals surface area (Å²) in [6.45, 7) is 4.25. The lowest BCUT2D eigenvalue weighted by molar-refractivity contribution is -0.124. The number of rotatable bonds is 6. The molecule has 2 aromatic heterocycles. The lowest BCUT2D eigenvalue weighted by Crippen LogP contribution is -2.34. The van der Waals surface area contributed by atoms with Crippen molar-refractivity contribution in [1.82, 2.24) is 19.5 Å². The molecule has 2 aromatic carbocycles. The van der Waals surface area contributed by atoms with Crippen LogP contribution >= 0.6 is 0 Å². The van der Waals surface area contributed by atoms with E-state index in [9.17, 15) is 9.59 Å². The van der Waals surface area contributed by atoms with Crippen LogP contribution in [-0.2, 0) is 11.3 Å². The van der Waals surface area contributed by atoms with E-state index in [0.29, 0.717) is 18.6 Å². The van der Waals surface area contributed by atoms with Gasteiger partial charge in [0.15, 0.2) is 5.65 Å². The van der Waals surface area contributed by atoms with Crippen molar-refractivity contribution >= 4 is 22.5 Å². The number of para-hydroxylation sites is 1. The van der Waals surface area contributed by atoms with Crippen molar-refractivity contribution < 1.29 is 9.53 Å². The van der Waals surface area contributed by atoms with Gasteiger partial charge in [0, 0.05) is 23.7 Å². The second-order valence-corrected chi connectivity index (χ2v) is 7.22. The van der Waals surface area contributed by atoms with Gasteiger partial charge in [0.2, 0.25) is 5.91 Å². The smallest absolute Gasteiger partial charge is 0.273 e. The minimum absolute atomic E-state index is 0.0888. The van der Waals surface area contributed by atoms with Crippen LogP contribution in [0.5, 0.6) is 5.75 Å². The Morgan fingerprint density at radius 3 is 2.60 bits per heavy atom. The molecule has 1 atom stereocenters. The number of carbonyl (C=O) groups excluding carboxylic acids is 1. The average Bonchev–Trinajstić information content (AvgIpc) is 3.08. The highest BCUT2D eigenvalue weighted by molar-refractivity contribution is 5.94. The normalized spacial score (nSPS) is 12.2. The van der Waals surface area contributed by atoms with Gasteiger partial charge in [0.25, 0.3) is 5.56 Å². The third-order valence-corrected chi connectivity index (χ3v) is 5.30. The highest BCUT2D eigenvalue weighted by Gasteiger charge is 2.24. The molecular weight excluding hydrogens is 380 g/mol. The van der Waals surface area contributed by atoms with Crippen molar-refractivity contribution in [2.75, 3.05) is 7.11 Å². The summed E-state index contributed by atoms with van der Waals surface area (Å²) in [6, 6.07) is 16.4. The maximum absolute atomic E-state index is 13.2. The van der Waals surface area contributed by atoms with Gasteiger partial charge in [-0.1, -0.05) is 31.2 Å². The molecule has 0 aliphatic carbocycles. The minimum atomic E-state index is -0.450. The Morgan fingerprint density at radius 2 is 1.90 bits per heavy atom. The summed E-state index contributed by atoms with van der Waals surface area (Å²) in [6.07, 6.45) is 0.591. The molecule has 0 saturated heterocycles. The lowest BCUT2D eigenvalue weighted by atomic mass is 10.1. The number of methoxy groups -OCH3 is 1. The van der Waals surface area contributed by atoms with E-state index in [1.807, 2.05) is 71.6 Å². The van der Waals surface area contributed by atoms with Crippen LogP contribution < -0.4 is 15.6 Å². The van der Waals surface area contributed by atoms with E-state index in [4.69, 9.17) is 4.74 Å². The Morgan fingerprint density at radius 1 is 1.17 bits per heavy atom. The molecule has 1 unspecified atom stereocenters. The second-order valence-electron chi connectivity index (χ2n) is 7.22. The van der Waals surface area contributed by atoms with Crippen molar-refractivity contribution in [1.29, 1.82) is 0 Å². The fourth-order valence-corrected chi connectivity index (χ4v) is 3.83. The van der Waals surface area contributed by atoms with Crippen LogP contribution in [0.1, 0.15) is 30.6 Å². The first-order valence-corrected chi connectivity index (χ1v) is 9.93. The summed E-state index contributed by atoms with van der Waals surface area (Å²) in [4.78, 5) is 29.4. The SMILES string of the molecule is CCC(C(=O)NCc1ccc(OC)cc1)n1c2ccccc2c2nc(=O)cc(C)n21.